The van der Waals surface area contributed by atoms with E-state index in [4.69, 9.17) is 23.2 Å². The first-order valence-electron chi connectivity index (χ1n) is 12.7. The molecule has 1 heterocycles. The third-order valence-electron chi connectivity index (χ3n) is 7.28. The van der Waals surface area contributed by atoms with Crippen LogP contribution in [0.15, 0.2) is 41.3 Å². The first kappa shape index (κ1) is 27.4. The van der Waals surface area contributed by atoms with Crippen LogP contribution in [0.4, 0.5) is 0 Å². The predicted octanol–water partition coefficient (Wildman–Crippen LogP) is 5.43. The van der Waals surface area contributed by atoms with Crippen molar-refractivity contribution in [2.24, 2.45) is 5.92 Å². The summed E-state index contributed by atoms with van der Waals surface area (Å²) >= 11 is 12.2. The first-order chi connectivity index (χ1) is 17.2. The van der Waals surface area contributed by atoms with E-state index < -0.39 is 15.9 Å². The van der Waals surface area contributed by atoms with Crippen molar-refractivity contribution in [2.45, 2.75) is 62.9 Å². The van der Waals surface area contributed by atoms with E-state index in [-0.39, 0.29) is 33.4 Å². The highest BCUT2D eigenvalue weighted by molar-refractivity contribution is 7.89. The van der Waals surface area contributed by atoms with Crippen molar-refractivity contribution in [3.05, 3.63) is 63.1 Å². The number of halogens is 2. The molecule has 1 saturated heterocycles. The van der Waals surface area contributed by atoms with Crippen molar-refractivity contribution >= 4 is 39.1 Å². The van der Waals surface area contributed by atoms with Crippen LogP contribution in [0.1, 0.15) is 61.8 Å². The molecule has 9 heteroatoms. The number of rotatable bonds is 8. The third kappa shape index (κ3) is 6.25. The minimum absolute atomic E-state index is 0.0124. The highest BCUT2D eigenvalue weighted by Gasteiger charge is 2.29. The van der Waals surface area contributed by atoms with Crippen LogP contribution in [-0.2, 0) is 27.8 Å². The number of piperidine rings is 1. The average molecular weight is 553 g/mol. The molecule has 0 aromatic heterocycles. The van der Waals surface area contributed by atoms with Gasteiger partial charge in [0.05, 0.1) is 16.1 Å². The van der Waals surface area contributed by atoms with Gasteiger partial charge in [-0.1, -0.05) is 60.8 Å². The van der Waals surface area contributed by atoms with Crippen molar-refractivity contribution in [1.82, 2.24) is 14.5 Å². The van der Waals surface area contributed by atoms with Gasteiger partial charge in [0.2, 0.25) is 15.9 Å². The lowest BCUT2D eigenvalue weighted by atomic mass is 9.86. The van der Waals surface area contributed by atoms with Crippen molar-refractivity contribution in [3.8, 4) is 0 Å². The van der Waals surface area contributed by atoms with Crippen molar-refractivity contribution in [3.63, 3.8) is 0 Å². The number of carbonyl (C=O) groups excluding carboxylic acids is 1. The van der Waals surface area contributed by atoms with Gasteiger partial charge < -0.3 is 5.32 Å². The molecule has 0 radical (unpaired) electrons. The maximum Gasteiger partial charge on any atom is 0.244 e. The molecule has 36 heavy (non-hydrogen) atoms. The van der Waals surface area contributed by atoms with Gasteiger partial charge in [-0.15, -0.1) is 0 Å². The van der Waals surface area contributed by atoms with Crippen LogP contribution < -0.4 is 5.32 Å². The number of nitrogens with one attached hydrogen (secondary N) is 1. The normalized spacial score (nSPS) is 19.6. The second kappa shape index (κ2) is 11.8. The molecule has 0 spiro atoms. The van der Waals surface area contributed by atoms with Crippen LogP contribution in [0.5, 0.6) is 0 Å². The van der Waals surface area contributed by atoms with Gasteiger partial charge in [-0.3, -0.25) is 9.69 Å². The van der Waals surface area contributed by atoms with Crippen molar-refractivity contribution in [1.29, 1.82) is 0 Å². The molecule has 2 aliphatic rings. The van der Waals surface area contributed by atoms with Gasteiger partial charge in [-0.05, 0) is 74.0 Å². The molecule has 196 valence electrons. The van der Waals surface area contributed by atoms with Gasteiger partial charge in [0.1, 0.15) is 4.90 Å². The van der Waals surface area contributed by atoms with E-state index >= 15 is 0 Å². The summed E-state index contributed by atoms with van der Waals surface area (Å²) in [6, 6.07) is 11.1. The van der Waals surface area contributed by atoms with Gasteiger partial charge in [0.25, 0.3) is 0 Å². The van der Waals surface area contributed by atoms with E-state index in [1.165, 1.54) is 68.2 Å². The largest absolute Gasteiger partial charge is 0.349 e. The Morgan fingerprint density at radius 2 is 1.89 bits per heavy atom. The van der Waals surface area contributed by atoms with E-state index in [2.05, 4.69) is 28.4 Å². The standard InChI is InChI=1S/C27H35Cl2N3O3S/c1-19(17-31(2)36(34,35)25-11-7-9-23(28)26(25)29)27(33)30-24-10-6-8-21-16-20(12-13-22(21)24)18-32-14-4-3-5-15-32/h7,9,11-13,16,19,24H,3-6,8,10,14-15,17-18H2,1-2H3,(H,30,33)/t19-,24-/m1/s1. The summed E-state index contributed by atoms with van der Waals surface area (Å²) in [5.41, 5.74) is 3.82. The zero-order valence-electron chi connectivity index (χ0n) is 21.0. The summed E-state index contributed by atoms with van der Waals surface area (Å²) in [6.45, 7) is 5.10. The fourth-order valence-corrected chi connectivity index (χ4v) is 7.22. The van der Waals surface area contributed by atoms with E-state index in [9.17, 15) is 13.2 Å². The number of benzene rings is 2. The number of nitrogens with zero attached hydrogens (tertiary/aromatic N) is 2. The molecule has 2 aromatic rings. The van der Waals surface area contributed by atoms with Gasteiger partial charge >= 0.3 is 0 Å². The number of aryl methyl sites for hydroxylation is 1. The van der Waals surface area contributed by atoms with Crippen molar-refractivity contribution in [2.75, 3.05) is 26.7 Å². The Morgan fingerprint density at radius 1 is 1.14 bits per heavy atom. The summed E-state index contributed by atoms with van der Waals surface area (Å²) in [5, 5.41) is 3.34. The summed E-state index contributed by atoms with van der Waals surface area (Å²) in [4.78, 5) is 15.5. The second-order valence-electron chi connectivity index (χ2n) is 10.1. The van der Waals surface area contributed by atoms with Crippen LogP contribution in [0.25, 0.3) is 0 Å². The van der Waals surface area contributed by atoms with Gasteiger partial charge in [0, 0.05) is 26.1 Å². The second-order valence-corrected chi connectivity index (χ2v) is 12.9. The Hall–Kier alpha value is -1.64. The molecule has 2 aromatic carbocycles. The molecule has 0 bridgehead atoms. The van der Waals surface area contributed by atoms with Gasteiger partial charge in [-0.2, -0.15) is 0 Å². The third-order valence-corrected chi connectivity index (χ3v) is 10.1. The minimum Gasteiger partial charge on any atom is -0.349 e. The molecule has 1 fully saturated rings. The Labute approximate surface area is 225 Å². The smallest absolute Gasteiger partial charge is 0.244 e. The summed E-state index contributed by atoms with van der Waals surface area (Å²) in [5.74, 6) is -0.698. The molecule has 1 aliphatic heterocycles. The Morgan fingerprint density at radius 3 is 2.64 bits per heavy atom. The Bertz CT molecular complexity index is 1200. The summed E-state index contributed by atoms with van der Waals surface area (Å²) < 4.78 is 27.2. The quantitative estimate of drug-likeness (QED) is 0.474. The first-order valence-corrected chi connectivity index (χ1v) is 14.9. The minimum atomic E-state index is -3.89. The molecular formula is C27H35Cl2N3O3S. The lowest BCUT2D eigenvalue weighted by Gasteiger charge is -2.30. The van der Waals surface area contributed by atoms with Gasteiger partial charge in [0.15, 0.2) is 0 Å². The van der Waals surface area contributed by atoms with Crippen LogP contribution in [0, 0.1) is 5.92 Å². The van der Waals surface area contributed by atoms with E-state index in [1.807, 2.05) is 0 Å². The molecule has 0 unspecified atom stereocenters. The molecule has 4 rings (SSSR count). The lowest BCUT2D eigenvalue weighted by Crippen LogP contribution is -2.40. The molecule has 1 amide bonds. The lowest BCUT2D eigenvalue weighted by molar-refractivity contribution is -0.125. The number of amides is 1. The van der Waals surface area contributed by atoms with Crippen LogP contribution in [0.2, 0.25) is 10.0 Å². The number of carbonyl (C=O) groups is 1. The van der Waals surface area contributed by atoms with E-state index in [0.29, 0.717) is 0 Å². The number of fused-ring (bicyclic) bond motifs is 1. The number of hydrogen-bond donors (Lipinski definition) is 1. The maximum atomic E-state index is 13.1. The molecule has 0 saturated carbocycles. The SMILES string of the molecule is C[C@H](CN(C)S(=O)(=O)c1cccc(Cl)c1Cl)C(=O)N[C@@H]1CCCc2cc(CN3CCCCC3)ccc21. The molecule has 2 atom stereocenters. The number of hydrogen-bond acceptors (Lipinski definition) is 4. The van der Waals surface area contributed by atoms with Gasteiger partial charge in [-0.25, -0.2) is 12.7 Å². The molecular weight excluding hydrogens is 517 g/mol. The monoisotopic (exact) mass is 551 g/mol. The van der Waals surface area contributed by atoms with Crippen LogP contribution >= 0.6 is 23.2 Å². The Balaban J connectivity index is 1.39. The van der Waals surface area contributed by atoms with Crippen molar-refractivity contribution < 1.29 is 13.2 Å². The number of likely N-dealkylation sites (tertiary alicyclic amines) is 1. The topological polar surface area (TPSA) is 69.7 Å². The summed E-state index contributed by atoms with van der Waals surface area (Å²) in [7, 11) is -2.43. The number of sulfonamides is 1. The van der Waals surface area contributed by atoms with Crippen LogP contribution in [-0.4, -0.2) is 50.2 Å². The van der Waals surface area contributed by atoms with Crippen LogP contribution in [0.3, 0.4) is 0 Å². The average Bonchev–Trinajstić information content (AvgIpc) is 2.86. The fraction of sp³-hybridized carbons (Fsp3) is 0.519. The van der Waals surface area contributed by atoms with E-state index in [1.54, 1.807) is 13.0 Å². The zero-order chi connectivity index (χ0) is 25.9. The summed E-state index contributed by atoms with van der Waals surface area (Å²) in [6.07, 6.45) is 6.80. The van der Waals surface area contributed by atoms with E-state index in [0.717, 1.165) is 30.1 Å². The Kier molecular flexibility index (Phi) is 9.00. The molecule has 1 aliphatic carbocycles. The highest BCUT2D eigenvalue weighted by Crippen LogP contribution is 2.32. The molecule has 1 N–H and O–H groups in total. The zero-order valence-corrected chi connectivity index (χ0v) is 23.3. The maximum absolute atomic E-state index is 13.1. The predicted molar refractivity (Wildman–Crippen MR) is 145 cm³/mol. The fourth-order valence-electron chi connectivity index (χ4n) is 5.22. The molecule has 6 nitrogen and oxygen atoms in total. The highest BCUT2D eigenvalue weighted by atomic mass is 35.5.